The molecule has 2 aromatic rings. The lowest BCUT2D eigenvalue weighted by Gasteiger charge is -2.18. The van der Waals surface area contributed by atoms with Gasteiger partial charge in [0.05, 0.1) is 13.1 Å². The van der Waals surface area contributed by atoms with Gasteiger partial charge < -0.3 is 15.1 Å². The van der Waals surface area contributed by atoms with Crippen molar-refractivity contribution in [1.82, 2.24) is 10.2 Å². The lowest BCUT2D eigenvalue weighted by Crippen LogP contribution is -2.37. The number of hydrogen-bond donors (Lipinski definition) is 1. The van der Waals surface area contributed by atoms with Crippen molar-refractivity contribution in [3.8, 4) is 0 Å². The Kier molecular flexibility index (Phi) is 5.91. The number of carbonyl (C=O) groups is 3. The lowest BCUT2D eigenvalue weighted by atomic mass is 10.2. The van der Waals surface area contributed by atoms with E-state index >= 15 is 0 Å². The SMILES string of the molecule is Cc1ccsc1CN(C)C(=O)CNC(=O)c1ccc(N2CCCC2=O)cc1. The van der Waals surface area contributed by atoms with Crippen molar-refractivity contribution in [1.29, 1.82) is 0 Å². The number of amides is 3. The van der Waals surface area contributed by atoms with Crippen LogP contribution in [0.25, 0.3) is 0 Å². The molecule has 1 aliphatic rings. The maximum atomic E-state index is 12.3. The van der Waals surface area contributed by atoms with Gasteiger partial charge >= 0.3 is 0 Å². The van der Waals surface area contributed by atoms with Gasteiger partial charge in [0.1, 0.15) is 0 Å². The Balaban J connectivity index is 1.52. The summed E-state index contributed by atoms with van der Waals surface area (Å²) in [5, 5.41) is 4.67. The first-order valence-electron chi connectivity index (χ1n) is 8.91. The number of aryl methyl sites for hydroxylation is 1. The second-order valence-electron chi connectivity index (χ2n) is 6.66. The molecule has 3 rings (SSSR count). The standard InChI is InChI=1S/C20H23N3O3S/c1-14-9-11-27-17(14)13-22(2)19(25)12-21-20(26)15-5-7-16(8-6-15)23-10-3-4-18(23)24/h5-9,11H,3-4,10,12-13H2,1-2H3,(H,21,26). The Morgan fingerprint density at radius 1 is 1.22 bits per heavy atom. The van der Waals surface area contributed by atoms with Gasteiger partial charge in [0.2, 0.25) is 11.8 Å². The van der Waals surface area contributed by atoms with Gasteiger partial charge in [0.15, 0.2) is 0 Å². The zero-order valence-electron chi connectivity index (χ0n) is 15.5. The maximum absolute atomic E-state index is 12.3. The summed E-state index contributed by atoms with van der Waals surface area (Å²) in [5.74, 6) is -0.333. The molecule has 1 aromatic heterocycles. The molecule has 0 spiro atoms. The highest BCUT2D eigenvalue weighted by Gasteiger charge is 2.21. The van der Waals surface area contributed by atoms with Crippen LogP contribution in [0.3, 0.4) is 0 Å². The summed E-state index contributed by atoms with van der Waals surface area (Å²) in [6.07, 6.45) is 1.44. The third-order valence-electron chi connectivity index (χ3n) is 4.69. The Bertz CT molecular complexity index is 844. The van der Waals surface area contributed by atoms with Crippen LogP contribution in [-0.4, -0.2) is 42.8 Å². The van der Waals surface area contributed by atoms with Gasteiger partial charge in [-0.2, -0.15) is 0 Å². The van der Waals surface area contributed by atoms with Crippen molar-refractivity contribution in [3.05, 3.63) is 51.7 Å². The van der Waals surface area contributed by atoms with E-state index in [1.807, 2.05) is 18.4 Å². The van der Waals surface area contributed by atoms with E-state index in [1.54, 1.807) is 52.4 Å². The van der Waals surface area contributed by atoms with Crippen molar-refractivity contribution < 1.29 is 14.4 Å². The number of hydrogen-bond acceptors (Lipinski definition) is 4. The Labute approximate surface area is 162 Å². The number of anilines is 1. The van der Waals surface area contributed by atoms with Gasteiger partial charge in [-0.25, -0.2) is 0 Å². The van der Waals surface area contributed by atoms with Crippen LogP contribution >= 0.6 is 11.3 Å². The molecular weight excluding hydrogens is 362 g/mol. The molecule has 0 atom stereocenters. The fraction of sp³-hybridized carbons (Fsp3) is 0.350. The number of nitrogens with one attached hydrogen (secondary N) is 1. The topological polar surface area (TPSA) is 69.7 Å². The molecule has 1 N–H and O–H groups in total. The summed E-state index contributed by atoms with van der Waals surface area (Å²) in [6.45, 7) is 3.23. The van der Waals surface area contributed by atoms with E-state index in [2.05, 4.69) is 5.32 Å². The van der Waals surface area contributed by atoms with Crippen molar-refractivity contribution in [2.45, 2.75) is 26.3 Å². The van der Waals surface area contributed by atoms with E-state index in [9.17, 15) is 14.4 Å². The third-order valence-corrected chi connectivity index (χ3v) is 5.70. The molecule has 0 bridgehead atoms. The largest absolute Gasteiger partial charge is 0.343 e. The molecule has 0 radical (unpaired) electrons. The Hall–Kier alpha value is -2.67. The predicted molar refractivity (Wildman–Crippen MR) is 106 cm³/mol. The van der Waals surface area contributed by atoms with E-state index in [0.717, 1.165) is 23.5 Å². The monoisotopic (exact) mass is 385 g/mol. The summed E-state index contributed by atoms with van der Waals surface area (Å²) in [6, 6.07) is 8.93. The third kappa shape index (κ3) is 4.54. The Morgan fingerprint density at radius 3 is 2.56 bits per heavy atom. The van der Waals surface area contributed by atoms with Crippen molar-refractivity contribution >= 4 is 34.7 Å². The molecule has 1 fully saturated rings. The van der Waals surface area contributed by atoms with Gasteiger partial charge in [0.25, 0.3) is 5.91 Å². The van der Waals surface area contributed by atoms with Crippen molar-refractivity contribution in [2.24, 2.45) is 0 Å². The lowest BCUT2D eigenvalue weighted by molar-refractivity contribution is -0.129. The van der Waals surface area contributed by atoms with Crippen LogP contribution in [0, 0.1) is 6.92 Å². The van der Waals surface area contributed by atoms with E-state index in [1.165, 1.54) is 5.56 Å². The van der Waals surface area contributed by atoms with Crippen molar-refractivity contribution in [2.75, 3.05) is 25.0 Å². The van der Waals surface area contributed by atoms with Crippen molar-refractivity contribution in [3.63, 3.8) is 0 Å². The van der Waals surface area contributed by atoms with E-state index in [0.29, 0.717) is 18.5 Å². The smallest absolute Gasteiger partial charge is 0.251 e. The van der Waals surface area contributed by atoms with Gasteiger partial charge in [-0.05, 0) is 54.6 Å². The van der Waals surface area contributed by atoms with Crippen LogP contribution in [0.4, 0.5) is 5.69 Å². The predicted octanol–water partition coefficient (Wildman–Crippen LogP) is 2.57. The van der Waals surface area contributed by atoms with E-state index in [4.69, 9.17) is 0 Å². The molecule has 142 valence electrons. The minimum atomic E-state index is -0.302. The van der Waals surface area contributed by atoms with Crippen LogP contribution in [0.2, 0.25) is 0 Å². The number of thiophene rings is 1. The minimum absolute atomic E-state index is 0.0495. The van der Waals surface area contributed by atoms with Gasteiger partial charge in [0, 0.05) is 36.1 Å². The quantitative estimate of drug-likeness (QED) is 0.831. The summed E-state index contributed by atoms with van der Waals surface area (Å²) >= 11 is 1.62. The number of likely N-dealkylation sites (N-methyl/N-ethyl adjacent to an activating group) is 1. The van der Waals surface area contributed by atoms with Gasteiger partial charge in [-0.3, -0.25) is 14.4 Å². The zero-order chi connectivity index (χ0) is 19.4. The number of carbonyl (C=O) groups excluding carboxylic acids is 3. The minimum Gasteiger partial charge on any atom is -0.343 e. The van der Waals surface area contributed by atoms with E-state index < -0.39 is 0 Å². The molecule has 1 aliphatic heterocycles. The molecule has 0 unspecified atom stereocenters. The number of rotatable bonds is 6. The second kappa shape index (κ2) is 8.35. The van der Waals surface area contributed by atoms with Crippen LogP contribution in [-0.2, 0) is 16.1 Å². The molecule has 1 saturated heterocycles. The molecule has 6 nitrogen and oxygen atoms in total. The van der Waals surface area contributed by atoms with Crippen LogP contribution < -0.4 is 10.2 Å². The average molecular weight is 385 g/mol. The first-order valence-corrected chi connectivity index (χ1v) is 9.79. The number of nitrogens with zero attached hydrogens (tertiary/aromatic N) is 2. The second-order valence-corrected chi connectivity index (χ2v) is 7.66. The number of benzene rings is 1. The fourth-order valence-electron chi connectivity index (χ4n) is 2.98. The van der Waals surface area contributed by atoms with Gasteiger partial charge in [-0.15, -0.1) is 11.3 Å². The fourth-order valence-corrected chi connectivity index (χ4v) is 3.94. The molecule has 0 saturated carbocycles. The highest BCUT2D eigenvalue weighted by molar-refractivity contribution is 7.10. The molecule has 0 aliphatic carbocycles. The summed E-state index contributed by atoms with van der Waals surface area (Å²) in [4.78, 5) is 40.8. The first-order chi connectivity index (χ1) is 13.0. The van der Waals surface area contributed by atoms with Crippen LogP contribution in [0.5, 0.6) is 0 Å². The summed E-state index contributed by atoms with van der Waals surface area (Å²) < 4.78 is 0. The van der Waals surface area contributed by atoms with E-state index in [-0.39, 0.29) is 24.3 Å². The first kappa shape index (κ1) is 19.1. The van der Waals surface area contributed by atoms with Gasteiger partial charge in [-0.1, -0.05) is 0 Å². The Morgan fingerprint density at radius 2 is 1.96 bits per heavy atom. The maximum Gasteiger partial charge on any atom is 0.251 e. The highest BCUT2D eigenvalue weighted by Crippen LogP contribution is 2.21. The summed E-state index contributed by atoms with van der Waals surface area (Å²) in [7, 11) is 1.73. The normalized spacial score (nSPS) is 13.7. The summed E-state index contributed by atoms with van der Waals surface area (Å²) in [5.41, 5.74) is 2.44. The van der Waals surface area contributed by atoms with Crippen LogP contribution in [0.15, 0.2) is 35.7 Å². The average Bonchev–Trinajstić information content (AvgIpc) is 3.27. The van der Waals surface area contributed by atoms with Crippen LogP contribution in [0.1, 0.15) is 33.6 Å². The molecule has 7 heteroatoms. The molecular formula is C20H23N3O3S. The molecule has 1 aromatic carbocycles. The zero-order valence-corrected chi connectivity index (χ0v) is 16.3. The molecule has 2 heterocycles. The molecule has 3 amide bonds. The molecule has 27 heavy (non-hydrogen) atoms. The highest BCUT2D eigenvalue weighted by atomic mass is 32.1.